The van der Waals surface area contributed by atoms with Crippen molar-refractivity contribution in [2.75, 3.05) is 29.5 Å². The van der Waals surface area contributed by atoms with E-state index in [4.69, 9.17) is 4.74 Å². The standard InChI is InChI=1S/C21H33N5O4S/c1-6-30-18-9-7-16(8-10-18)15(4)12-19-23-20(22-17(13-27)11-14(2)3)25-21(24-19)26-31(5,28)29/h7-10,14-15,17,27H,6,11-13H2,1-5H3,(H2,22,23,24,25,26)/t15?,17-/m1/s1. The average Bonchev–Trinajstić information content (AvgIpc) is 2.66. The maximum Gasteiger partial charge on any atom is 0.241 e. The molecule has 10 heteroatoms. The van der Waals surface area contributed by atoms with Gasteiger partial charge in [-0.05, 0) is 42.9 Å². The first-order valence-corrected chi connectivity index (χ1v) is 12.3. The highest BCUT2D eigenvalue weighted by Gasteiger charge is 2.17. The fourth-order valence-corrected chi connectivity index (χ4v) is 3.59. The molecule has 0 saturated heterocycles. The minimum atomic E-state index is -3.55. The third-order valence-corrected chi connectivity index (χ3v) is 5.07. The molecule has 0 spiro atoms. The van der Waals surface area contributed by atoms with Crippen molar-refractivity contribution < 1.29 is 18.3 Å². The summed E-state index contributed by atoms with van der Waals surface area (Å²) in [6.07, 6.45) is 2.24. The summed E-state index contributed by atoms with van der Waals surface area (Å²) in [7, 11) is -3.55. The highest BCUT2D eigenvalue weighted by atomic mass is 32.2. The van der Waals surface area contributed by atoms with E-state index in [0.717, 1.165) is 24.0 Å². The molecule has 0 fully saturated rings. The molecule has 9 nitrogen and oxygen atoms in total. The van der Waals surface area contributed by atoms with Crippen molar-refractivity contribution in [1.82, 2.24) is 15.0 Å². The van der Waals surface area contributed by atoms with Gasteiger partial charge in [0.15, 0.2) is 0 Å². The zero-order valence-electron chi connectivity index (χ0n) is 18.8. The van der Waals surface area contributed by atoms with Crippen LogP contribution in [0.15, 0.2) is 24.3 Å². The van der Waals surface area contributed by atoms with E-state index in [1.54, 1.807) is 0 Å². The number of aromatic nitrogens is 3. The van der Waals surface area contributed by atoms with Gasteiger partial charge in [-0.25, -0.2) is 8.42 Å². The molecule has 31 heavy (non-hydrogen) atoms. The summed E-state index contributed by atoms with van der Waals surface area (Å²) < 4.78 is 31.2. The molecule has 0 saturated carbocycles. The Morgan fingerprint density at radius 1 is 1.06 bits per heavy atom. The van der Waals surface area contributed by atoms with Gasteiger partial charge in [0.2, 0.25) is 21.9 Å². The lowest BCUT2D eigenvalue weighted by Crippen LogP contribution is -2.27. The number of rotatable bonds is 12. The minimum Gasteiger partial charge on any atom is -0.494 e. The van der Waals surface area contributed by atoms with E-state index in [0.29, 0.717) is 24.8 Å². The predicted molar refractivity (Wildman–Crippen MR) is 122 cm³/mol. The second-order valence-corrected chi connectivity index (χ2v) is 9.78. The number of benzene rings is 1. The van der Waals surface area contributed by atoms with Gasteiger partial charge in [-0.15, -0.1) is 0 Å². The summed E-state index contributed by atoms with van der Waals surface area (Å²) in [5.41, 5.74) is 1.09. The van der Waals surface area contributed by atoms with Crippen LogP contribution in [0.3, 0.4) is 0 Å². The van der Waals surface area contributed by atoms with Gasteiger partial charge in [0.25, 0.3) is 0 Å². The number of aliphatic hydroxyl groups excluding tert-OH is 1. The number of aliphatic hydroxyl groups is 1. The van der Waals surface area contributed by atoms with Crippen LogP contribution in [-0.2, 0) is 16.4 Å². The van der Waals surface area contributed by atoms with Gasteiger partial charge in [-0.2, -0.15) is 15.0 Å². The van der Waals surface area contributed by atoms with Crippen LogP contribution in [0, 0.1) is 5.92 Å². The van der Waals surface area contributed by atoms with E-state index in [1.165, 1.54) is 0 Å². The van der Waals surface area contributed by atoms with Crippen LogP contribution in [0.1, 0.15) is 51.4 Å². The Hall–Kier alpha value is -2.46. The molecule has 2 rings (SSSR count). The molecule has 1 aromatic carbocycles. The summed E-state index contributed by atoms with van der Waals surface area (Å²) in [4.78, 5) is 12.9. The lowest BCUT2D eigenvalue weighted by molar-refractivity contribution is 0.259. The SMILES string of the molecule is CCOc1ccc(C(C)Cc2nc(N[C@@H](CO)CC(C)C)nc(NS(C)(=O)=O)n2)cc1. The topological polar surface area (TPSA) is 126 Å². The Morgan fingerprint density at radius 2 is 1.71 bits per heavy atom. The second-order valence-electron chi connectivity index (χ2n) is 8.03. The molecule has 0 aliphatic heterocycles. The maximum atomic E-state index is 11.7. The highest BCUT2D eigenvalue weighted by molar-refractivity contribution is 7.91. The first kappa shape index (κ1) is 24.8. The highest BCUT2D eigenvalue weighted by Crippen LogP contribution is 2.23. The van der Waals surface area contributed by atoms with Crippen LogP contribution in [0.5, 0.6) is 5.75 Å². The van der Waals surface area contributed by atoms with Crippen molar-refractivity contribution in [1.29, 1.82) is 0 Å². The lowest BCUT2D eigenvalue weighted by atomic mass is 9.97. The zero-order valence-corrected chi connectivity index (χ0v) is 19.6. The smallest absolute Gasteiger partial charge is 0.241 e. The number of hydrogen-bond donors (Lipinski definition) is 3. The monoisotopic (exact) mass is 451 g/mol. The lowest BCUT2D eigenvalue weighted by Gasteiger charge is -2.19. The van der Waals surface area contributed by atoms with Gasteiger partial charge in [-0.3, -0.25) is 4.72 Å². The van der Waals surface area contributed by atoms with Crippen molar-refractivity contribution in [3.63, 3.8) is 0 Å². The number of sulfonamides is 1. The van der Waals surface area contributed by atoms with Gasteiger partial charge in [0, 0.05) is 6.42 Å². The number of nitrogens with zero attached hydrogens (tertiary/aromatic N) is 3. The predicted octanol–water partition coefficient (Wildman–Crippen LogP) is 2.81. The molecule has 1 aromatic heterocycles. The third-order valence-electron chi connectivity index (χ3n) is 4.52. The molecule has 0 aliphatic rings. The molecule has 3 N–H and O–H groups in total. The van der Waals surface area contributed by atoms with E-state index in [9.17, 15) is 13.5 Å². The molecule has 2 aromatic rings. The van der Waals surface area contributed by atoms with Crippen LogP contribution < -0.4 is 14.8 Å². The summed E-state index contributed by atoms with van der Waals surface area (Å²) in [6, 6.07) is 7.59. The van der Waals surface area contributed by atoms with Crippen molar-refractivity contribution >= 4 is 21.9 Å². The number of anilines is 2. The van der Waals surface area contributed by atoms with Crippen LogP contribution in [0.2, 0.25) is 0 Å². The Bertz CT molecular complexity index is 935. The Balaban J connectivity index is 2.26. The zero-order chi connectivity index (χ0) is 23.0. The van der Waals surface area contributed by atoms with Crippen LogP contribution >= 0.6 is 0 Å². The molecular formula is C21H33N5O4S. The first-order valence-electron chi connectivity index (χ1n) is 10.4. The van der Waals surface area contributed by atoms with E-state index in [1.807, 2.05) is 38.1 Å². The first-order chi connectivity index (χ1) is 14.6. The number of nitrogens with one attached hydrogen (secondary N) is 2. The molecule has 172 valence electrons. The normalized spacial score (nSPS) is 13.6. The second kappa shape index (κ2) is 11.2. The average molecular weight is 452 g/mol. The Morgan fingerprint density at radius 3 is 2.26 bits per heavy atom. The van der Waals surface area contributed by atoms with Crippen molar-refractivity contribution in [3.05, 3.63) is 35.7 Å². The van der Waals surface area contributed by atoms with Gasteiger partial charge in [0.05, 0.1) is 25.5 Å². The van der Waals surface area contributed by atoms with Crippen LogP contribution in [0.4, 0.5) is 11.9 Å². The quantitative estimate of drug-likeness (QED) is 0.450. The molecule has 1 heterocycles. The fourth-order valence-electron chi connectivity index (χ4n) is 3.17. The van der Waals surface area contributed by atoms with E-state index in [-0.39, 0.29) is 30.5 Å². The van der Waals surface area contributed by atoms with E-state index >= 15 is 0 Å². The van der Waals surface area contributed by atoms with Gasteiger partial charge in [-0.1, -0.05) is 32.9 Å². The van der Waals surface area contributed by atoms with Crippen LogP contribution in [0.25, 0.3) is 0 Å². The maximum absolute atomic E-state index is 11.7. The summed E-state index contributed by atoms with van der Waals surface area (Å²) in [6.45, 7) is 8.61. The summed E-state index contributed by atoms with van der Waals surface area (Å²) in [5, 5.41) is 12.8. The molecular weight excluding hydrogens is 418 g/mol. The number of ether oxygens (including phenoxy) is 1. The van der Waals surface area contributed by atoms with Crippen molar-refractivity contribution in [2.45, 2.75) is 52.5 Å². The number of hydrogen-bond acceptors (Lipinski definition) is 8. The Kier molecular flexibility index (Phi) is 9.00. The Labute approximate surface area is 184 Å². The van der Waals surface area contributed by atoms with Gasteiger partial charge >= 0.3 is 0 Å². The molecule has 2 atom stereocenters. The molecule has 0 amide bonds. The fraction of sp³-hybridized carbons (Fsp3) is 0.571. The van der Waals surface area contributed by atoms with Crippen molar-refractivity contribution in [3.8, 4) is 5.75 Å². The van der Waals surface area contributed by atoms with E-state index in [2.05, 4.69) is 38.8 Å². The minimum absolute atomic E-state index is 0.0462. The van der Waals surface area contributed by atoms with Gasteiger partial charge < -0.3 is 15.2 Å². The molecule has 0 aliphatic carbocycles. The molecule has 0 radical (unpaired) electrons. The molecule has 1 unspecified atom stereocenters. The summed E-state index contributed by atoms with van der Waals surface area (Å²) in [5.74, 6) is 1.89. The van der Waals surface area contributed by atoms with E-state index < -0.39 is 10.0 Å². The third kappa shape index (κ3) is 8.66. The van der Waals surface area contributed by atoms with Gasteiger partial charge in [0.1, 0.15) is 11.6 Å². The van der Waals surface area contributed by atoms with Crippen LogP contribution in [-0.4, -0.2) is 54.0 Å². The summed E-state index contributed by atoms with van der Waals surface area (Å²) >= 11 is 0. The largest absolute Gasteiger partial charge is 0.494 e. The van der Waals surface area contributed by atoms with Crippen molar-refractivity contribution in [2.24, 2.45) is 5.92 Å². The molecule has 0 bridgehead atoms.